The van der Waals surface area contributed by atoms with E-state index < -0.39 is 0 Å². The predicted octanol–water partition coefficient (Wildman–Crippen LogP) is 1.04. The van der Waals surface area contributed by atoms with Gasteiger partial charge in [-0.1, -0.05) is 12.8 Å². The first kappa shape index (κ1) is 9.96. The highest BCUT2D eigenvalue weighted by Crippen LogP contribution is 2.34. The molecule has 0 aliphatic heterocycles. The van der Waals surface area contributed by atoms with Crippen LogP contribution in [0.15, 0.2) is 0 Å². The van der Waals surface area contributed by atoms with Crippen molar-refractivity contribution >= 4 is 0 Å². The van der Waals surface area contributed by atoms with Gasteiger partial charge in [-0.3, -0.25) is 11.3 Å². The fraction of sp³-hybridized carbons (Fsp3) is 1.00. The van der Waals surface area contributed by atoms with Crippen LogP contribution in [0.3, 0.4) is 0 Å². The number of ether oxygens (including phenoxy) is 1. The van der Waals surface area contributed by atoms with Crippen molar-refractivity contribution in [2.75, 3.05) is 7.11 Å². The molecule has 1 aliphatic carbocycles. The first-order valence-corrected chi connectivity index (χ1v) is 4.75. The van der Waals surface area contributed by atoms with Gasteiger partial charge in [-0.25, -0.2) is 0 Å². The van der Waals surface area contributed by atoms with Crippen molar-refractivity contribution in [3.63, 3.8) is 0 Å². The van der Waals surface area contributed by atoms with E-state index in [1.807, 2.05) is 0 Å². The van der Waals surface area contributed by atoms with Gasteiger partial charge in [0.1, 0.15) is 0 Å². The summed E-state index contributed by atoms with van der Waals surface area (Å²) in [4.78, 5) is 0. The summed E-state index contributed by atoms with van der Waals surface area (Å²) in [5.41, 5.74) is 2.86. The Morgan fingerprint density at radius 3 is 2.67 bits per heavy atom. The molecular weight excluding hydrogens is 152 g/mol. The molecule has 72 valence electrons. The highest BCUT2D eigenvalue weighted by atomic mass is 16.5. The normalized spacial score (nSPS) is 22.2. The molecule has 0 aromatic rings. The third-order valence-electron chi connectivity index (χ3n) is 2.57. The minimum Gasteiger partial charge on any atom is -0.382 e. The number of nitrogens with two attached hydrogens (primary N) is 1. The number of hydrogen-bond donors (Lipinski definition) is 2. The molecule has 0 saturated heterocycles. The van der Waals surface area contributed by atoms with Crippen LogP contribution >= 0.6 is 0 Å². The first-order chi connectivity index (χ1) is 5.76. The average molecular weight is 172 g/mol. The van der Waals surface area contributed by atoms with Crippen molar-refractivity contribution in [1.82, 2.24) is 5.43 Å². The van der Waals surface area contributed by atoms with Gasteiger partial charge >= 0.3 is 0 Å². The molecule has 0 aromatic heterocycles. The summed E-state index contributed by atoms with van der Waals surface area (Å²) in [6.45, 7) is 2.08. The van der Waals surface area contributed by atoms with Crippen LogP contribution in [0.4, 0.5) is 0 Å². The summed E-state index contributed by atoms with van der Waals surface area (Å²) in [5, 5.41) is 0. The van der Waals surface area contributed by atoms with Gasteiger partial charge in [-0.2, -0.15) is 0 Å². The Bertz CT molecular complexity index is 126. The zero-order chi connectivity index (χ0) is 8.97. The molecule has 3 N–H and O–H groups in total. The molecule has 0 bridgehead atoms. The Labute approximate surface area is 74.6 Å². The molecule has 3 nitrogen and oxygen atoms in total. The fourth-order valence-corrected chi connectivity index (χ4v) is 1.49. The van der Waals surface area contributed by atoms with Gasteiger partial charge in [0.15, 0.2) is 0 Å². The maximum atomic E-state index is 5.45. The van der Waals surface area contributed by atoms with Crippen molar-refractivity contribution in [2.45, 2.75) is 44.8 Å². The highest BCUT2D eigenvalue weighted by Gasteiger charge is 2.25. The summed E-state index contributed by atoms with van der Waals surface area (Å²) in [6.07, 6.45) is 5.32. The molecule has 0 spiro atoms. The quantitative estimate of drug-likeness (QED) is 0.465. The smallest absolute Gasteiger partial charge is 0.0558 e. The van der Waals surface area contributed by atoms with Crippen LogP contribution in [-0.2, 0) is 4.74 Å². The summed E-state index contributed by atoms with van der Waals surface area (Å²) in [6, 6.07) is 0.437. The van der Waals surface area contributed by atoms with Gasteiger partial charge in [0.2, 0.25) is 0 Å². The van der Waals surface area contributed by atoms with E-state index >= 15 is 0 Å². The lowest BCUT2D eigenvalue weighted by atomic mass is 10.0. The van der Waals surface area contributed by atoms with Crippen molar-refractivity contribution in [3.8, 4) is 0 Å². The number of nitrogens with one attached hydrogen (secondary N) is 1. The second kappa shape index (κ2) is 4.80. The molecule has 1 fully saturated rings. The molecule has 2 unspecified atom stereocenters. The van der Waals surface area contributed by atoms with E-state index in [2.05, 4.69) is 12.3 Å². The summed E-state index contributed by atoms with van der Waals surface area (Å²) < 4.78 is 5.19. The van der Waals surface area contributed by atoms with Crippen LogP contribution in [0.2, 0.25) is 0 Å². The lowest BCUT2D eigenvalue weighted by molar-refractivity contribution is 0.0986. The number of rotatable bonds is 6. The second-order valence-electron chi connectivity index (χ2n) is 3.82. The van der Waals surface area contributed by atoms with Gasteiger partial charge in [0, 0.05) is 13.2 Å². The summed E-state index contributed by atoms with van der Waals surface area (Å²) >= 11 is 0. The maximum Gasteiger partial charge on any atom is 0.0558 e. The molecule has 1 saturated carbocycles. The number of hydrogen-bond acceptors (Lipinski definition) is 3. The molecule has 12 heavy (non-hydrogen) atoms. The third kappa shape index (κ3) is 3.52. The molecular formula is C9H20N2O. The van der Waals surface area contributed by atoms with Crippen LogP contribution in [0.5, 0.6) is 0 Å². The van der Waals surface area contributed by atoms with Crippen LogP contribution in [0.25, 0.3) is 0 Å². The topological polar surface area (TPSA) is 47.3 Å². The van der Waals surface area contributed by atoms with E-state index in [4.69, 9.17) is 10.6 Å². The molecule has 1 aliphatic rings. The van der Waals surface area contributed by atoms with E-state index in [1.165, 1.54) is 19.3 Å². The molecule has 2 atom stereocenters. The van der Waals surface area contributed by atoms with E-state index in [9.17, 15) is 0 Å². The zero-order valence-electron chi connectivity index (χ0n) is 8.05. The minimum atomic E-state index is 0.310. The Kier molecular flexibility index (Phi) is 3.98. The second-order valence-corrected chi connectivity index (χ2v) is 3.82. The SMILES string of the molecule is COC(C)CC(CC1CC1)NN. The molecule has 0 aromatic carbocycles. The van der Waals surface area contributed by atoms with Gasteiger partial charge < -0.3 is 4.74 Å². The van der Waals surface area contributed by atoms with Crippen molar-refractivity contribution in [1.29, 1.82) is 0 Å². The number of hydrazine groups is 1. The Morgan fingerprint density at radius 2 is 2.25 bits per heavy atom. The summed E-state index contributed by atoms with van der Waals surface area (Å²) in [7, 11) is 1.75. The third-order valence-corrected chi connectivity index (χ3v) is 2.57. The molecule has 0 amide bonds. The molecule has 0 heterocycles. The Hall–Kier alpha value is -0.120. The fourth-order valence-electron chi connectivity index (χ4n) is 1.49. The van der Waals surface area contributed by atoms with E-state index in [0.717, 1.165) is 12.3 Å². The van der Waals surface area contributed by atoms with Gasteiger partial charge in [-0.05, 0) is 25.7 Å². The van der Waals surface area contributed by atoms with Crippen molar-refractivity contribution < 1.29 is 4.74 Å². The van der Waals surface area contributed by atoms with E-state index in [-0.39, 0.29) is 0 Å². The van der Waals surface area contributed by atoms with Crippen molar-refractivity contribution in [2.24, 2.45) is 11.8 Å². The monoisotopic (exact) mass is 172 g/mol. The largest absolute Gasteiger partial charge is 0.382 e. The van der Waals surface area contributed by atoms with Crippen LogP contribution in [-0.4, -0.2) is 19.3 Å². The maximum absolute atomic E-state index is 5.45. The Morgan fingerprint density at radius 1 is 1.58 bits per heavy atom. The highest BCUT2D eigenvalue weighted by molar-refractivity contribution is 4.80. The van der Waals surface area contributed by atoms with Gasteiger partial charge in [-0.15, -0.1) is 0 Å². The molecule has 0 radical (unpaired) electrons. The number of methoxy groups -OCH3 is 1. The first-order valence-electron chi connectivity index (χ1n) is 4.75. The van der Waals surface area contributed by atoms with Crippen molar-refractivity contribution in [3.05, 3.63) is 0 Å². The zero-order valence-corrected chi connectivity index (χ0v) is 8.05. The molecule has 1 rings (SSSR count). The minimum absolute atomic E-state index is 0.310. The lowest BCUT2D eigenvalue weighted by Crippen LogP contribution is -2.37. The van der Waals surface area contributed by atoms with E-state index in [1.54, 1.807) is 7.11 Å². The van der Waals surface area contributed by atoms with Gasteiger partial charge in [0.25, 0.3) is 0 Å². The predicted molar refractivity (Wildman–Crippen MR) is 49.5 cm³/mol. The average Bonchev–Trinajstić information content (AvgIpc) is 2.86. The van der Waals surface area contributed by atoms with E-state index in [0.29, 0.717) is 12.1 Å². The van der Waals surface area contributed by atoms with Gasteiger partial charge in [0.05, 0.1) is 6.10 Å². The van der Waals surface area contributed by atoms with Crippen LogP contribution in [0, 0.1) is 5.92 Å². The van der Waals surface area contributed by atoms with Crippen LogP contribution in [0.1, 0.15) is 32.6 Å². The molecule has 3 heteroatoms. The van der Waals surface area contributed by atoms with Crippen LogP contribution < -0.4 is 11.3 Å². The lowest BCUT2D eigenvalue weighted by Gasteiger charge is -2.18. The standard InChI is InChI=1S/C9H20N2O/c1-7(12-2)5-9(11-10)6-8-3-4-8/h7-9,11H,3-6,10H2,1-2H3. The summed E-state index contributed by atoms with van der Waals surface area (Å²) in [5.74, 6) is 6.37. The Balaban J connectivity index is 2.14.